The van der Waals surface area contributed by atoms with Crippen molar-refractivity contribution >= 4 is 0 Å². The van der Waals surface area contributed by atoms with E-state index >= 15 is 0 Å². The first kappa shape index (κ1) is 16.9. The van der Waals surface area contributed by atoms with Crippen LogP contribution >= 0.6 is 0 Å². The average molecular weight is 270 g/mol. The second-order valence-electron chi connectivity index (χ2n) is 5.83. The number of hydrogen-bond acceptors (Lipinski definition) is 3. The predicted molar refractivity (Wildman–Crippen MR) is 82.7 cm³/mol. The molecule has 2 unspecified atom stereocenters. The van der Waals surface area contributed by atoms with Crippen molar-refractivity contribution in [2.45, 2.75) is 71.4 Å². The van der Waals surface area contributed by atoms with Crippen LogP contribution in [0, 0.1) is 0 Å². The molecule has 0 amide bonds. The molecule has 0 aromatic heterocycles. The van der Waals surface area contributed by atoms with E-state index in [1.807, 2.05) is 0 Å². The number of ether oxygens (including phenoxy) is 1. The molecule has 19 heavy (non-hydrogen) atoms. The van der Waals surface area contributed by atoms with E-state index in [1.165, 1.54) is 45.2 Å². The van der Waals surface area contributed by atoms with Crippen molar-refractivity contribution in [1.29, 1.82) is 0 Å². The minimum absolute atomic E-state index is 0.474. The molecule has 1 aliphatic rings. The maximum atomic E-state index is 5.92. The van der Waals surface area contributed by atoms with E-state index in [0.717, 1.165) is 26.1 Å². The highest BCUT2D eigenvalue weighted by atomic mass is 16.5. The molecule has 0 aromatic carbocycles. The summed E-state index contributed by atoms with van der Waals surface area (Å²) < 4.78 is 5.92. The minimum Gasteiger partial charge on any atom is -0.377 e. The van der Waals surface area contributed by atoms with E-state index in [4.69, 9.17) is 4.74 Å². The molecule has 1 saturated heterocycles. The molecule has 114 valence electrons. The van der Waals surface area contributed by atoms with Crippen molar-refractivity contribution in [3.8, 4) is 0 Å². The summed E-state index contributed by atoms with van der Waals surface area (Å²) in [6.07, 6.45) is 7.93. The van der Waals surface area contributed by atoms with Crippen LogP contribution in [0.1, 0.15) is 59.3 Å². The Morgan fingerprint density at radius 1 is 1.21 bits per heavy atom. The van der Waals surface area contributed by atoms with Crippen molar-refractivity contribution in [3.05, 3.63) is 0 Å². The van der Waals surface area contributed by atoms with E-state index in [-0.39, 0.29) is 0 Å². The Balaban J connectivity index is 2.31. The molecule has 0 spiro atoms. The zero-order valence-corrected chi connectivity index (χ0v) is 13.3. The summed E-state index contributed by atoms with van der Waals surface area (Å²) in [4.78, 5) is 2.60. The van der Waals surface area contributed by atoms with E-state index < -0.39 is 0 Å². The van der Waals surface area contributed by atoms with Gasteiger partial charge in [0.2, 0.25) is 0 Å². The third-order valence-corrected chi connectivity index (χ3v) is 3.82. The Morgan fingerprint density at radius 2 is 2.05 bits per heavy atom. The first-order chi connectivity index (χ1) is 9.30. The third kappa shape index (κ3) is 7.28. The molecule has 1 heterocycles. The molecule has 0 bridgehead atoms. The van der Waals surface area contributed by atoms with Crippen LogP contribution in [0.2, 0.25) is 0 Å². The summed E-state index contributed by atoms with van der Waals surface area (Å²) in [6.45, 7) is 12.4. The van der Waals surface area contributed by atoms with E-state index in [2.05, 4.69) is 31.0 Å². The van der Waals surface area contributed by atoms with Crippen molar-refractivity contribution in [1.82, 2.24) is 10.2 Å². The number of rotatable bonds is 10. The number of piperidine rings is 1. The van der Waals surface area contributed by atoms with Gasteiger partial charge in [-0.25, -0.2) is 0 Å². The summed E-state index contributed by atoms with van der Waals surface area (Å²) in [5.74, 6) is 0. The normalized spacial score (nSPS) is 22.6. The van der Waals surface area contributed by atoms with Crippen LogP contribution in [0.15, 0.2) is 0 Å². The Morgan fingerprint density at radius 3 is 2.74 bits per heavy atom. The van der Waals surface area contributed by atoms with Gasteiger partial charge in [0.15, 0.2) is 0 Å². The molecule has 0 aliphatic carbocycles. The predicted octanol–water partition coefficient (Wildman–Crippen LogP) is 3.05. The van der Waals surface area contributed by atoms with Gasteiger partial charge in [-0.3, -0.25) is 4.90 Å². The number of likely N-dealkylation sites (tertiary alicyclic amines) is 1. The molecule has 3 nitrogen and oxygen atoms in total. The van der Waals surface area contributed by atoms with Crippen LogP contribution in [0.3, 0.4) is 0 Å². The standard InChI is InChI=1S/C16H34N2O/c1-4-8-15(17-10-5-2)13-18-11-7-9-16(14-18)19-12-6-3/h15-17H,4-14H2,1-3H3. The molecule has 3 heteroatoms. The number of hydrogen-bond donors (Lipinski definition) is 1. The van der Waals surface area contributed by atoms with Crippen LogP contribution in [0.4, 0.5) is 0 Å². The zero-order valence-electron chi connectivity index (χ0n) is 13.3. The second-order valence-corrected chi connectivity index (χ2v) is 5.83. The maximum absolute atomic E-state index is 5.92. The monoisotopic (exact) mass is 270 g/mol. The quantitative estimate of drug-likeness (QED) is 0.660. The van der Waals surface area contributed by atoms with Crippen LogP contribution in [0.25, 0.3) is 0 Å². The topological polar surface area (TPSA) is 24.5 Å². The summed E-state index contributed by atoms with van der Waals surface area (Å²) in [5, 5.41) is 3.69. The van der Waals surface area contributed by atoms with E-state index in [0.29, 0.717) is 12.1 Å². The van der Waals surface area contributed by atoms with Crippen LogP contribution in [-0.2, 0) is 4.74 Å². The Bertz CT molecular complexity index is 211. The Labute approximate surface area is 120 Å². The highest BCUT2D eigenvalue weighted by Crippen LogP contribution is 2.14. The Hall–Kier alpha value is -0.120. The average Bonchev–Trinajstić information content (AvgIpc) is 2.43. The van der Waals surface area contributed by atoms with E-state index in [1.54, 1.807) is 0 Å². The summed E-state index contributed by atoms with van der Waals surface area (Å²) in [6, 6.07) is 0.662. The van der Waals surface area contributed by atoms with Crippen molar-refractivity contribution in [2.24, 2.45) is 0 Å². The zero-order chi connectivity index (χ0) is 13.9. The van der Waals surface area contributed by atoms with Gasteiger partial charge in [-0.2, -0.15) is 0 Å². The molecule has 0 aromatic rings. The SMILES string of the molecule is CCCNC(CCC)CN1CCCC(OCCC)C1. The summed E-state index contributed by atoms with van der Waals surface area (Å²) >= 11 is 0. The molecule has 0 saturated carbocycles. The second kappa shape index (κ2) is 10.6. The molecule has 1 rings (SSSR count). The number of nitrogens with one attached hydrogen (secondary N) is 1. The van der Waals surface area contributed by atoms with Gasteiger partial charge >= 0.3 is 0 Å². The molecule has 0 radical (unpaired) electrons. The van der Waals surface area contributed by atoms with Gasteiger partial charge in [-0.15, -0.1) is 0 Å². The fraction of sp³-hybridized carbons (Fsp3) is 1.00. The van der Waals surface area contributed by atoms with Crippen molar-refractivity contribution in [3.63, 3.8) is 0 Å². The molecule has 2 atom stereocenters. The largest absolute Gasteiger partial charge is 0.377 e. The Kier molecular flexibility index (Phi) is 9.48. The molecule has 1 fully saturated rings. The van der Waals surface area contributed by atoms with Gasteiger partial charge in [-0.05, 0) is 45.2 Å². The van der Waals surface area contributed by atoms with Gasteiger partial charge in [0, 0.05) is 25.7 Å². The van der Waals surface area contributed by atoms with Gasteiger partial charge in [-0.1, -0.05) is 27.2 Å². The first-order valence-electron chi connectivity index (χ1n) is 8.37. The number of nitrogens with zero attached hydrogens (tertiary/aromatic N) is 1. The highest BCUT2D eigenvalue weighted by Gasteiger charge is 2.22. The van der Waals surface area contributed by atoms with Gasteiger partial charge in [0.25, 0.3) is 0 Å². The minimum atomic E-state index is 0.474. The van der Waals surface area contributed by atoms with E-state index in [9.17, 15) is 0 Å². The lowest BCUT2D eigenvalue weighted by molar-refractivity contribution is -0.00245. The molecule has 1 aliphatic heterocycles. The highest BCUT2D eigenvalue weighted by molar-refractivity contribution is 4.78. The van der Waals surface area contributed by atoms with Gasteiger partial charge in [0.05, 0.1) is 6.10 Å². The molecule has 1 N–H and O–H groups in total. The summed E-state index contributed by atoms with van der Waals surface area (Å²) in [7, 11) is 0. The first-order valence-corrected chi connectivity index (χ1v) is 8.37. The maximum Gasteiger partial charge on any atom is 0.0702 e. The lowest BCUT2D eigenvalue weighted by Gasteiger charge is -2.35. The van der Waals surface area contributed by atoms with Crippen LogP contribution in [0.5, 0.6) is 0 Å². The smallest absolute Gasteiger partial charge is 0.0702 e. The lowest BCUT2D eigenvalue weighted by Crippen LogP contribution is -2.47. The summed E-state index contributed by atoms with van der Waals surface area (Å²) in [5.41, 5.74) is 0. The van der Waals surface area contributed by atoms with Crippen LogP contribution in [-0.4, -0.2) is 49.8 Å². The lowest BCUT2D eigenvalue weighted by atomic mass is 10.1. The fourth-order valence-electron chi connectivity index (χ4n) is 2.87. The molecular formula is C16H34N2O. The van der Waals surface area contributed by atoms with Gasteiger partial charge in [0.1, 0.15) is 0 Å². The third-order valence-electron chi connectivity index (χ3n) is 3.82. The fourth-order valence-corrected chi connectivity index (χ4v) is 2.87. The van der Waals surface area contributed by atoms with Crippen LogP contribution < -0.4 is 5.32 Å². The molecular weight excluding hydrogens is 236 g/mol. The van der Waals surface area contributed by atoms with Gasteiger partial charge < -0.3 is 10.1 Å². The van der Waals surface area contributed by atoms with Crippen molar-refractivity contribution < 1.29 is 4.74 Å². The van der Waals surface area contributed by atoms with Crippen molar-refractivity contribution in [2.75, 3.05) is 32.8 Å².